The molecule has 0 aliphatic heterocycles. The Morgan fingerprint density at radius 1 is 0.926 bits per heavy atom. The molecule has 2 aromatic carbocycles. The minimum Gasteiger partial charge on any atom is -0.493 e. The Hall–Kier alpha value is -2.46. The number of benzene rings is 2. The summed E-state index contributed by atoms with van der Waals surface area (Å²) >= 11 is 3.35. The van der Waals surface area contributed by atoms with Crippen molar-refractivity contribution in [2.75, 3.05) is 28.4 Å². The standard InChI is InChI=1S/C17H19BrN2O6S/c1-23-14-6-5-13(9-15(14)24-2)27(21,22)20-19-10-11-7-12(18)8-16(25-3)17(11)26-4/h5-10,20H,1-4H3/b19-10+. The van der Waals surface area contributed by atoms with Gasteiger partial charge >= 0.3 is 0 Å². The van der Waals surface area contributed by atoms with Gasteiger partial charge in [0, 0.05) is 16.1 Å². The van der Waals surface area contributed by atoms with Crippen LogP contribution in [0.5, 0.6) is 23.0 Å². The van der Waals surface area contributed by atoms with Gasteiger partial charge in [0.15, 0.2) is 23.0 Å². The molecule has 27 heavy (non-hydrogen) atoms. The van der Waals surface area contributed by atoms with Crippen LogP contribution in [0.15, 0.2) is 44.8 Å². The molecule has 1 N–H and O–H groups in total. The van der Waals surface area contributed by atoms with Crippen molar-refractivity contribution in [2.45, 2.75) is 4.90 Å². The van der Waals surface area contributed by atoms with Gasteiger partial charge in [0.25, 0.3) is 10.0 Å². The van der Waals surface area contributed by atoms with Crippen molar-refractivity contribution in [2.24, 2.45) is 5.10 Å². The molecule has 2 aromatic rings. The van der Waals surface area contributed by atoms with Gasteiger partial charge in [-0.3, -0.25) is 0 Å². The van der Waals surface area contributed by atoms with Gasteiger partial charge in [-0.15, -0.1) is 0 Å². The van der Waals surface area contributed by atoms with Gasteiger partial charge in [-0.25, -0.2) is 4.83 Å². The fourth-order valence-corrected chi connectivity index (χ4v) is 3.52. The lowest BCUT2D eigenvalue weighted by Crippen LogP contribution is -2.18. The first-order valence-corrected chi connectivity index (χ1v) is 9.82. The van der Waals surface area contributed by atoms with Crippen LogP contribution in [-0.2, 0) is 10.0 Å². The summed E-state index contributed by atoms with van der Waals surface area (Å²) in [6, 6.07) is 7.68. The minimum atomic E-state index is -3.90. The zero-order valence-corrected chi connectivity index (χ0v) is 17.5. The predicted molar refractivity (Wildman–Crippen MR) is 105 cm³/mol. The number of nitrogens with zero attached hydrogens (tertiary/aromatic N) is 1. The SMILES string of the molecule is COc1ccc(S(=O)(=O)N/N=C/c2cc(Br)cc(OC)c2OC)cc1OC. The van der Waals surface area contributed by atoms with Crippen molar-refractivity contribution in [1.82, 2.24) is 4.83 Å². The highest BCUT2D eigenvalue weighted by Gasteiger charge is 2.16. The lowest BCUT2D eigenvalue weighted by Gasteiger charge is -2.11. The number of rotatable bonds is 8. The summed E-state index contributed by atoms with van der Waals surface area (Å²) in [5, 5.41) is 3.82. The Labute approximate surface area is 166 Å². The first kappa shape index (κ1) is 20.8. The predicted octanol–water partition coefficient (Wildman–Crippen LogP) is 2.80. The van der Waals surface area contributed by atoms with Crippen molar-refractivity contribution < 1.29 is 27.4 Å². The van der Waals surface area contributed by atoms with Crippen molar-refractivity contribution in [3.63, 3.8) is 0 Å². The van der Waals surface area contributed by atoms with Crippen molar-refractivity contribution in [3.05, 3.63) is 40.4 Å². The number of hydrogen-bond acceptors (Lipinski definition) is 7. The molecule has 0 aromatic heterocycles. The summed E-state index contributed by atoms with van der Waals surface area (Å²) in [7, 11) is 1.98. The maximum atomic E-state index is 12.4. The lowest BCUT2D eigenvalue weighted by atomic mass is 10.2. The van der Waals surface area contributed by atoms with Crippen LogP contribution in [0.25, 0.3) is 0 Å². The fourth-order valence-electron chi connectivity index (χ4n) is 2.26. The van der Waals surface area contributed by atoms with Crippen LogP contribution in [-0.4, -0.2) is 43.1 Å². The summed E-state index contributed by atoms with van der Waals surface area (Å²) in [6.45, 7) is 0. The van der Waals surface area contributed by atoms with Crippen LogP contribution in [0.2, 0.25) is 0 Å². The molecule has 0 bridgehead atoms. The Morgan fingerprint density at radius 2 is 1.59 bits per heavy atom. The van der Waals surface area contributed by atoms with Gasteiger partial charge in [0.2, 0.25) is 0 Å². The number of sulfonamides is 1. The van der Waals surface area contributed by atoms with E-state index in [1.54, 1.807) is 12.1 Å². The Bertz CT molecular complexity index is 947. The zero-order chi connectivity index (χ0) is 20.0. The molecule has 146 valence electrons. The number of halogens is 1. The van der Waals surface area contributed by atoms with E-state index in [-0.39, 0.29) is 4.90 Å². The van der Waals surface area contributed by atoms with E-state index < -0.39 is 10.0 Å². The summed E-state index contributed by atoms with van der Waals surface area (Å²) < 4.78 is 46.4. The molecule has 0 aliphatic carbocycles. The van der Waals surface area contributed by atoms with Crippen LogP contribution < -0.4 is 23.8 Å². The van der Waals surface area contributed by atoms with Crippen LogP contribution in [0.4, 0.5) is 0 Å². The Kier molecular flexibility index (Phi) is 6.92. The summed E-state index contributed by atoms with van der Waals surface area (Å²) in [5.41, 5.74) is 0.527. The maximum Gasteiger partial charge on any atom is 0.276 e. The molecule has 0 atom stereocenters. The van der Waals surface area contributed by atoms with Crippen molar-refractivity contribution in [3.8, 4) is 23.0 Å². The minimum absolute atomic E-state index is 0.0175. The molecule has 0 spiro atoms. The van der Waals surface area contributed by atoms with E-state index >= 15 is 0 Å². The normalized spacial score (nSPS) is 11.3. The van der Waals surface area contributed by atoms with Crippen molar-refractivity contribution >= 4 is 32.2 Å². The fraction of sp³-hybridized carbons (Fsp3) is 0.235. The first-order chi connectivity index (χ1) is 12.9. The molecule has 0 heterocycles. The number of hydrogen-bond donors (Lipinski definition) is 1. The van der Waals surface area contributed by atoms with E-state index in [0.29, 0.717) is 28.6 Å². The molecule has 8 nitrogen and oxygen atoms in total. The average molecular weight is 459 g/mol. The molecule has 2 rings (SSSR count). The Balaban J connectivity index is 2.29. The third-order valence-electron chi connectivity index (χ3n) is 3.51. The molecule has 0 saturated heterocycles. The quantitative estimate of drug-likeness (QED) is 0.482. The monoisotopic (exact) mass is 458 g/mol. The highest BCUT2D eigenvalue weighted by molar-refractivity contribution is 9.10. The molecule has 0 fully saturated rings. The van der Waals surface area contributed by atoms with Gasteiger partial charge in [0.1, 0.15) is 0 Å². The number of methoxy groups -OCH3 is 4. The van der Waals surface area contributed by atoms with E-state index in [0.717, 1.165) is 4.47 Å². The molecular formula is C17H19BrN2O6S. The Morgan fingerprint density at radius 3 is 2.19 bits per heavy atom. The van der Waals surface area contributed by atoms with Gasteiger partial charge in [-0.05, 0) is 24.3 Å². The smallest absolute Gasteiger partial charge is 0.276 e. The second kappa shape index (κ2) is 8.96. The second-order valence-electron chi connectivity index (χ2n) is 5.10. The van der Waals surface area contributed by atoms with Crippen LogP contribution in [0, 0.1) is 0 Å². The zero-order valence-electron chi connectivity index (χ0n) is 15.1. The van der Waals surface area contributed by atoms with Crippen LogP contribution in [0.3, 0.4) is 0 Å². The third kappa shape index (κ3) is 4.83. The summed E-state index contributed by atoms with van der Waals surface area (Å²) in [4.78, 5) is 2.14. The third-order valence-corrected chi connectivity index (χ3v) is 5.19. The van der Waals surface area contributed by atoms with Gasteiger partial charge in [0.05, 0.1) is 39.5 Å². The van der Waals surface area contributed by atoms with Crippen molar-refractivity contribution in [1.29, 1.82) is 0 Å². The summed E-state index contributed by atoms with van der Waals surface area (Å²) in [6.07, 6.45) is 1.32. The molecular weight excluding hydrogens is 440 g/mol. The van der Waals surface area contributed by atoms with Gasteiger partial charge in [-0.2, -0.15) is 13.5 Å². The number of nitrogens with one attached hydrogen (secondary N) is 1. The molecule has 0 amide bonds. The van der Waals surface area contributed by atoms with E-state index in [4.69, 9.17) is 18.9 Å². The average Bonchev–Trinajstić information content (AvgIpc) is 2.66. The van der Waals surface area contributed by atoms with E-state index in [1.807, 2.05) is 0 Å². The lowest BCUT2D eigenvalue weighted by molar-refractivity contribution is 0.354. The van der Waals surface area contributed by atoms with Crippen LogP contribution in [0.1, 0.15) is 5.56 Å². The van der Waals surface area contributed by atoms with E-state index in [2.05, 4.69) is 25.9 Å². The number of ether oxygens (including phenoxy) is 4. The topological polar surface area (TPSA) is 95.5 Å². The molecule has 0 aliphatic rings. The van der Waals surface area contributed by atoms with Crippen LogP contribution >= 0.6 is 15.9 Å². The van der Waals surface area contributed by atoms with Gasteiger partial charge in [-0.1, -0.05) is 15.9 Å². The highest BCUT2D eigenvalue weighted by atomic mass is 79.9. The molecule has 10 heteroatoms. The first-order valence-electron chi connectivity index (χ1n) is 7.54. The maximum absolute atomic E-state index is 12.4. The highest BCUT2D eigenvalue weighted by Crippen LogP contribution is 2.33. The van der Waals surface area contributed by atoms with E-state index in [9.17, 15) is 8.42 Å². The second-order valence-corrected chi connectivity index (χ2v) is 7.68. The molecule has 0 saturated carbocycles. The number of hydrazone groups is 1. The van der Waals surface area contributed by atoms with E-state index in [1.165, 1.54) is 52.9 Å². The largest absolute Gasteiger partial charge is 0.493 e. The van der Waals surface area contributed by atoms with Gasteiger partial charge < -0.3 is 18.9 Å². The summed E-state index contributed by atoms with van der Waals surface area (Å²) in [5.74, 6) is 1.62. The molecule has 0 unspecified atom stereocenters. The molecule has 0 radical (unpaired) electrons.